The average molecular weight is 448 g/mol. The fourth-order valence-electron chi connectivity index (χ4n) is 4.71. The Balaban J connectivity index is 1.83. The monoisotopic (exact) mass is 447 g/mol. The Morgan fingerprint density at radius 1 is 1.06 bits per heavy atom. The van der Waals surface area contributed by atoms with Crippen LogP contribution in [-0.4, -0.2) is 51.6 Å². The third-order valence-electron chi connectivity index (χ3n) is 6.38. The maximum absolute atomic E-state index is 5.82. The van der Waals surface area contributed by atoms with Gasteiger partial charge in [0.25, 0.3) is 0 Å². The van der Waals surface area contributed by atoms with Crippen LogP contribution in [0.15, 0.2) is 48.7 Å². The minimum atomic E-state index is 0.0124. The Morgan fingerprint density at radius 3 is 2.53 bits per heavy atom. The number of pyridine rings is 1. The molecule has 6 heteroatoms. The van der Waals surface area contributed by atoms with Crippen molar-refractivity contribution in [2.24, 2.45) is 0 Å². The topological polar surface area (TPSA) is 36.3 Å². The van der Waals surface area contributed by atoms with Crippen molar-refractivity contribution in [1.82, 2.24) is 24.7 Å². The molecule has 1 fully saturated rings. The van der Waals surface area contributed by atoms with Gasteiger partial charge in [-0.1, -0.05) is 18.2 Å². The van der Waals surface area contributed by atoms with Gasteiger partial charge in [0.05, 0.1) is 17.8 Å². The van der Waals surface area contributed by atoms with E-state index in [-0.39, 0.29) is 12.1 Å². The highest BCUT2D eigenvalue weighted by Crippen LogP contribution is 2.41. The second kappa shape index (κ2) is 9.04. The fourth-order valence-corrected chi connectivity index (χ4v) is 5.04. The maximum Gasteiger partial charge on any atom is 0.170 e. The molecule has 1 N–H and O–H groups in total. The highest BCUT2D eigenvalue weighted by Gasteiger charge is 2.41. The van der Waals surface area contributed by atoms with Crippen LogP contribution in [0.1, 0.15) is 45.9 Å². The zero-order chi connectivity index (χ0) is 23.0. The number of nitrogens with one attached hydrogen (secondary N) is 1. The van der Waals surface area contributed by atoms with Crippen LogP contribution in [0.4, 0.5) is 0 Å². The molecule has 0 radical (unpaired) electrons. The second-order valence-corrected chi connectivity index (χ2v) is 9.46. The number of nitrogens with zero attached hydrogens (tertiary/aromatic N) is 4. The Labute approximate surface area is 197 Å². The molecule has 2 atom stereocenters. The van der Waals surface area contributed by atoms with Crippen molar-refractivity contribution in [1.29, 1.82) is 0 Å². The van der Waals surface area contributed by atoms with E-state index in [0.29, 0.717) is 0 Å². The van der Waals surface area contributed by atoms with E-state index in [4.69, 9.17) is 12.2 Å². The Bertz CT molecular complexity index is 1120. The van der Waals surface area contributed by atoms with Gasteiger partial charge in [0.2, 0.25) is 0 Å². The van der Waals surface area contributed by atoms with E-state index in [1.54, 1.807) is 0 Å². The molecule has 4 rings (SSSR count). The van der Waals surface area contributed by atoms with Gasteiger partial charge in [-0.05, 0) is 95.0 Å². The molecule has 3 aromatic rings. The standard InChI is InChI=1S/C26H33N5S/c1-17-10-11-18(2)23(15-17)31-19(3)16-21(20(31)4)25-24(22-9-7-8-12-27-22)28-26(32)30(25)14-13-29(5)6/h7-12,15-16,24-25H,13-14H2,1-6H3,(H,28,32). The van der Waals surface area contributed by atoms with E-state index in [9.17, 15) is 0 Å². The molecule has 3 heterocycles. The minimum absolute atomic E-state index is 0.0124. The average Bonchev–Trinajstić information content (AvgIpc) is 3.24. The number of aromatic nitrogens is 2. The van der Waals surface area contributed by atoms with Crippen LogP contribution in [0.25, 0.3) is 5.69 Å². The van der Waals surface area contributed by atoms with Gasteiger partial charge in [0, 0.05) is 36.4 Å². The van der Waals surface area contributed by atoms with Gasteiger partial charge in [0.15, 0.2) is 5.11 Å². The first-order valence-electron chi connectivity index (χ1n) is 11.2. The molecule has 0 saturated carbocycles. The number of benzene rings is 1. The summed E-state index contributed by atoms with van der Waals surface area (Å²) in [4.78, 5) is 9.22. The summed E-state index contributed by atoms with van der Waals surface area (Å²) >= 11 is 5.82. The van der Waals surface area contributed by atoms with Crippen molar-refractivity contribution in [2.45, 2.75) is 39.8 Å². The molecule has 0 aliphatic carbocycles. The van der Waals surface area contributed by atoms with Gasteiger partial charge in [-0.25, -0.2) is 0 Å². The van der Waals surface area contributed by atoms with Crippen molar-refractivity contribution in [3.8, 4) is 5.69 Å². The van der Waals surface area contributed by atoms with Gasteiger partial charge in [-0.15, -0.1) is 0 Å². The van der Waals surface area contributed by atoms with E-state index in [1.807, 2.05) is 18.3 Å². The lowest BCUT2D eigenvalue weighted by Gasteiger charge is -2.29. The Morgan fingerprint density at radius 2 is 1.84 bits per heavy atom. The van der Waals surface area contributed by atoms with Crippen LogP contribution in [0.5, 0.6) is 0 Å². The lowest BCUT2D eigenvalue weighted by molar-refractivity contribution is 0.277. The van der Waals surface area contributed by atoms with Gasteiger partial charge < -0.3 is 19.7 Å². The highest BCUT2D eigenvalue weighted by atomic mass is 32.1. The number of hydrogen-bond acceptors (Lipinski definition) is 3. The molecule has 2 unspecified atom stereocenters. The van der Waals surface area contributed by atoms with E-state index < -0.39 is 0 Å². The molecule has 0 spiro atoms. The summed E-state index contributed by atoms with van der Waals surface area (Å²) in [7, 11) is 4.20. The zero-order valence-corrected chi connectivity index (χ0v) is 20.7. The summed E-state index contributed by atoms with van der Waals surface area (Å²) in [6, 6.07) is 15.2. The summed E-state index contributed by atoms with van der Waals surface area (Å²) in [5, 5.41) is 4.37. The molecule has 168 valence electrons. The lowest BCUT2D eigenvalue weighted by Crippen LogP contribution is -2.35. The number of thiocarbonyl (C=S) groups is 1. The molecule has 1 saturated heterocycles. The third kappa shape index (κ3) is 4.17. The lowest BCUT2D eigenvalue weighted by atomic mass is 9.96. The van der Waals surface area contributed by atoms with Crippen molar-refractivity contribution < 1.29 is 0 Å². The van der Waals surface area contributed by atoms with Gasteiger partial charge in [-0.2, -0.15) is 0 Å². The van der Waals surface area contributed by atoms with Crippen molar-refractivity contribution >= 4 is 17.3 Å². The number of hydrogen-bond donors (Lipinski definition) is 1. The predicted molar refractivity (Wildman–Crippen MR) is 135 cm³/mol. The van der Waals surface area contributed by atoms with Crippen molar-refractivity contribution in [3.05, 3.63) is 82.4 Å². The molecule has 1 aliphatic rings. The van der Waals surface area contributed by atoms with E-state index in [2.05, 4.69) is 96.8 Å². The molecule has 1 aromatic carbocycles. The molecule has 0 amide bonds. The van der Waals surface area contributed by atoms with Crippen molar-refractivity contribution in [2.75, 3.05) is 27.2 Å². The summed E-state index contributed by atoms with van der Waals surface area (Å²) in [5.74, 6) is 0. The Hall–Kier alpha value is -2.70. The van der Waals surface area contributed by atoms with Crippen LogP contribution in [-0.2, 0) is 0 Å². The highest BCUT2D eigenvalue weighted by molar-refractivity contribution is 7.80. The van der Waals surface area contributed by atoms with Crippen molar-refractivity contribution in [3.63, 3.8) is 0 Å². The van der Waals surface area contributed by atoms with E-state index >= 15 is 0 Å². The summed E-state index contributed by atoms with van der Waals surface area (Å²) in [6.45, 7) is 10.5. The first kappa shape index (κ1) is 22.5. The number of aryl methyl sites for hydroxylation is 3. The Kier molecular flexibility index (Phi) is 6.35. The van der Waals surface area contributed by atoms with E-state index in [1.165, 1.54) is 33.8 Å². The van der Waals surface area contributed by atoms with Crippen LogP contribution in [0, 0.1) is 27.7 Å². The molecule has 32 heavy (non-hydrogen) atoms. The van der Waals surface area contributed by atoms with Gasteiger partial charge in [0.1, 0.15) is 0 Å². The van der Waals surface area contributed by atoms with Crippen LogP contribution < -0.4 is 5.32 Å². The normalized spacial score (nSPS) is 18.5. The summed E-state index contributed by atoms with van der Waals surface area (Å²) in [5.41, 5.74) is 8.58. The molecular formula is C26H33N5S. The molecule has 2 aromatic heterocycles. The largest absolute Gasteiger partial charge is 0.352 e. The van der Waals surface area contributed by atoms with Gasteiger partial charge in [-0.3, -0.25) is 4.98 Å². The minimum Gasteiger partial charge on any atom is -0.352 e. The first-order chi connectivity index (χ1) is 15.3. The zero-order valence-electron chi connectivity index (χ0n) is 19.9. The number of rotatable bonds is 6. The first-order valence-corrected chi connectivity index (χ1v) is 11.6. The van der Waals surface area contributed by atoms with E-state index in [0.717, 1.165) is 23.9 Å². The van der Waals surface area contributed by atoms with Crippen LogP contribution in [0.2, 0.25) is 0 Å². The molecule has 1 aliphatic heterocycles. The van der Waals surface area contributed by atoms with Crippen LogP contribution in [0.3, 0.4) is 0 Å². The predicted octanol–water partition coefficient (Wildman–Crippen LogP) is 4.64. The van der Waals surface area contributed by atoms with Gasteiger partial charge >= 0.3 is 0 Å². The smallest absolute Gasteiger partial charge is 0.170 e. The second-order valence-electron chi connectivity index (χ2n) is 9.08. The SMILES string of the molecule is Cc1ccc(C)c(-n2c(C)cc(C3C(c4ccccn4)NC(=S)N3CCN(C)C)c2C)c1. The van der Waals surface area contributed by atoms with Crippen LogP contribution >= 0.6 is 12.2 Å². The molecular weight excluding hydrogens is 414 g/mol. The molecule has 5 nitrogen and oxygen atoms in total. The quantitative estimate of drug-likeness (QED) is 0.557. The fraction of sp³-hybridized carbons (Fsp3) is 0.385. The summed E-state index contributed by atoms with van der Waals surface area (Å²) < 4.78 is 2.39. The molecule has 0 bridgehead atoms. The third-order valence-corrected chi connectivity index (χ3v) is 6.73. The number of likely N-dealkylation sites (N-methyl/N-ethyl adjacent to an activating group) is 1. The summed E-state index contributed by atoms with van der Waals surface area (Å²) in [6.07, 6.45) is 1.86. The maximum atomic E-state index is 5.82.